The van der Waals surface area contributed by atoms with Crippen molar-refractivity contribution in [2.75, 3.05) is 10.6 Å². The average molecular weight is 579 g/mol. The number of anilines is 2. The van der Waals surface area contributed by atoms with E-state index in [2.05, 4.69) is 10.6 Å². The molecule has 4 heterocycles. The Kier molecular flexibility index (Phi) is 6.71. The number of carbonyl (C=O) groups is 2. The minimum Gasteiger partial charge on any atom is -0.460 e. The highest BCUT2D eigenvalue weighted by atomic mass is 16.3. The molecule has 0 aliphatic heterocycles. The second-order valence-corrected chi connectivity index (χ2v) is 10.5. The number of benzene rings is 3. The van der Waals surface area contributed by atoms with Crippen LogP contribution in [0.4, 0.5) is 11.4 Å². The molecule has 0 radical (unpaired) electrons. The van der Waals surface area contributed by atoms with Crippen molar-refractivity contribution in [3.05, 3.63) is 132 Å². The number of nitrogens with one attached hydrogen (secondary N) is 2. The number of furan rings is 2. The predicted molar refractivity (Wildman–Crippen MR) is 171 cm³/mol. The molecule has 7 aromatic rings. The van der Waals surface area contributed by atoms with Gasteiger partial charge in [-0.1, -0.05) is 36.4 Å². The van der Waals surface area contributed by atoms with E-state index in [1.54, 1.807) is 36.4 Å². The van der Waals surface area contributed by atoms with Crippen LogP contribution in [0.25, 0.3) is 44.7 Å². The standard InChI is InChI=1S/C36H26N4O4/c1-21-11-17-33(43-21)31-19-27(25-7-3-5-9-29(25)39-31)35(41)37-23-13-15-24(16-14-23)38-36(42)28-20-32(34-18-12-22(2)44-34)40-30-10-6-4-8-26(28)30/h3-20H,1-2H3,(H,37,41)(H,38,42). The number of aryl methyl sites for hydroxylation is 2. The molecule has 2 amide bonds. The summed E-state index contributed by atoms with van der Waals surface area (Å²) in [6.45, 7) is 3.73. The molecule has 0 unspecified atom stereocenters. The van der Waals surface area contributed by atoms with Gasteiger partial charge in [-0.2, -0.15) is 0 Å². The van der Waals surface area contributed by atoms with Crippen LogP contribution < -0.4 is 10.6 Å². The molecule has 0 spiro atoms. The van der Waals surface area contributed by atoms with Crippen molar-refractivity contribution in [1.29, 1.82) is 0 Å². The molecule has 44 heavy (non-hydrogen) atoms. The first-order valence-electron chi connectivity index (χ1n) is 14.1. The fraction of sp³-hybridized carbons (Fsp3) is 0.0556. The second-order valence-electron chi connectivity index (χ2n) is 10.5. The molecule has 7 rings (SSSR count). The minimum atomic E-state index is -0.283. The molecule has 0 aliphatic carbocycles. The second kappa shape index (κ2) is 11.0. The van der Waals surface area contributed by atoms with E-state index in [1.807, 2.05) is 86.6 Å². The Morgan fingerprint density at radius 2 is 0.955 bits per heavy atom. The van der Waals surface area contributed by atoms with Crippen molar-refractivity contribution in [2.24, 2.45) is 0 Å². The van der Waals surface area contributed by atoms with Crippen molar-refractivity contribution >= 4 is 45.0 Å². The van der Waals surface area contributed by atoms with Crippen molar-refractivity contribution < 1.29 is 18.4 Å². The summed E-state index contributed by atoms with van der Waals surface area (Å²) in [7, 11) is 0. The van der Waals surface area contributed by atoms with E-state index in [4.69, 9.17) is 18.8 Å². The zero-order chi connectivity index (χ0) is 30.2. The summed E-state index contributed by atoms with van der Waals surface area (Å²) in [6.07, 6.45) is 0. The van der Waals surface area contributed by atoms with Crippen molar-refractivity contribution in [2.45, 2.75) is 13.8 Å². The van der Waals surface area contributed by atoms with E-state index < -0.39 is 0 Å². The summed E-state index contributed by atoms with van der Waals surface area (Å²) < 4.78 is 11.5. The molecule has 214 valence electrons. The van der Waals surface area contributed by atoms with E-state index in [1.165, 1.54) is 0 Å². The molecule has 8 nitrogen and oxygen atoms in total. The first-order valence-corrected chi connectivity index (χ1v) is 14.1. The van der Waals surface area contributed by atoms with Crippen molar-refractivity contribution in [3.8, 4) is 22.9 Å². The van der Waals surface area contributed by atoms with Crippen LogP contribution >= 0.6 is 0 Å². The number of para-hydroxylation sites is 2. The lowest BCUT2D eigenvalue weighted by molar-refractivity contribution is 0.102. The van der Waals surface area contributed by atoms with Gasteiger partial charge in [-0.05, 0) is 86.6 Å². The summed E-state index contributed by atoms with van der Waals surface area (Å²) in [5, 5.41) is 7.40. The highest BCUT2D eigenvalue weighted by molar-refractivity contribution is 6.14. The topological polar surface area (TPSA) is 110 Å². The van der Waals surface area contributed by atoms with Gasteiger partial charge < -0.3 is 19.5 Å². The Hall–Kier alpha value is -6.02. The number of amides is 2. The Balaban J connectivity index is 1.13. The minimum absolute atomic E-state index is 0.283. The van der Waals surface area contributed by atoms with Crippen LogP contribution in [0.3, 0.4) is 0 Å². The number of nitrogens with zero attached hydrogens (tertiary/aromatic N) is 2. The van der Waals surface area contributed by atoms with E-state index in [9.17, 15) is 9.59 Å². The number of fused-ring (bicyclic) bond motifs is 2. The Labute approximate surface area is 252 Å². The fourth-order valence-corrected chi connectivity index (χ4v) is 5.16. The van der Waals surface area contributed by atoms with Gasteiger partial charge in [-0.25, -0.2) is 9.97 Å². The number of rotatable bonds is 6. The van der Waals surface area contributed by atoms with Crippen molar-refractivity contribution in [3.63, 3.8) is 0 Å². The summed E-state index contributed by atoms with van der Waals surface area (Å²) in [5.41, 5.74) is 4.65. The lowest BCUT2D eigenvalue weighted by Gasteiger charge is -2.12. The first kappa shape index (κ1) is 26.9. The number of aromatic nitrogens is 2. The number of carbonyl (C=O) groups excluding carboxylic acids is 2. The molecule has 0 saturated heterocycles. The zero-order valence-corrected chi connectivity index (χ0v) is 23.9. The summed E-state index contributed by atoms with van der Waals surface area (Å²) in [6, 6.07) is 32.9. The van der Waals surface area contributed by atoms with Gasteiger partial charge in [0.15, 0.2) is 11.5 Å². The average Bonchev–Trinajstić information content (AvgIpc) is 3.69. The van der Waals surface area contributed by atoms with Crippen LogP contribution in [-0.2, 0) is 0 Å². The number of hydrogen-bond donors (Lipinski definition) is 2. The third kappa shape index (κ3) is 5.20. The van der Waals surface area contributed by atoms with Crippen LogP contribution in [0.2, 0.25) is 0 Å². The van der Waals surface area contributed by atoms with E-state index >= 15 is 0 Å². The number of pyridine rings is 2. The quantitative estimate of drug-likeness (QED) is 0.205. The molecule has 3 aromatic carbocycles. The predicted octanol–water partition coefficient (Wildman–Crippen LogP) is 8.42. The molecule has 0 aliphatic rings. The molecule has 8 heteroatoms. The molecular weight excluding hydrogens is 552 g/mol. The third-order valence-corrected chi connectivity index (χ3v) is 7.31. The van der Waals surface area contributed by atoms with Gasteiger partial charge >= 0.3 is 0 Å². The maximum absolute atomic E-state index is 13.5. The summed E-state index contributed by atoms with van der Waals surface area (Å²) in [5.74, 6) is 2.14. The fourth-order valence-electron chi connectivity index (χ4n) is 5.16. The zero-order valence-electron chi connectivity index (χ0n) is 23.9. The highest BCUT2D eigenvalue weighted by Crippen LogP contribution is 2.29. The lowest BCUT2D eigenvalue weighted by atomic mass is 10.1. The van der Waals surface area contributed by atoms with Gasteiger partial charge in [0.1, 0.15) is 22.9 Å². The lowest BCUT2D eigenvalue weighted by Crippen LogP contribution is -2.14. The summed E-state index contributed by atoms with van der Waals surface area (Å²) in [4.78, 5) is 36.4. The Morgan fingerprint density at radius 1 is 0.545 bits per heavy atom. The van der Waals surface area contributed by atoms with E-state index in [0.717, 1.165) is 22.3 Å². The molecule has 0 bridgehead atoms. The Bertz CT molecular complexity index is 2040. The molecular formula is C36H26N4O4. The Morgan fingerprint density at radius 3 is 1.34 bits per heavy atom. The number of hydrogen-bond acceptors (Lipinski definition) is 6. The third-order valence-electron chi connectivity index (χ3n) is 7.31. The van der Waals surface area contributed by atoms with Crippen LogP contribution in [0, 0.1) is 13.8 Å². The molecule has 0 saturated carbocycles. The SMILES string of the molecule is Cc1ccc(-c2cc(C(=O)Nc3ccc(NC(=O)c4cc(-c5ccc(C)o5)nc5ccccc45)cc3)c3ccccc3n2)o1. The van der Waals surface area contributed by atoms with E-state index in [0.29, 0.717) is 56.4 Å². The molecule has 0 atom stereocenters. The van der Waals surface area contributed by atoms with Gasteiger partial charge in [-0.3, -0.25) is 9.59 Å². The molecule has 2 N–H and O–H groups in total. The van der Waals surface area contributed by atoms with Gasteiger partial charge in [0.2, 0.25) is 0 Å². The van der Waals surface area contributed by atoms with Crippen LogP contribution in [0.1, 0.15) is 32.2 Å². The smallest absolute Gasteiger partial charge is 0.256 e. The molecule has 4 aromatic heterocycles. The van der Waals surface area contributed by atoms with E-state index in [-0.39, 0.29) is 11.8 Å². The largest absolute Gasteiger partial charge is 0.460 e. The first-order chi connectivity index (χ1) is 21.4. The van der Waals surface area contributed by atoms with Gasteiger partial charge in [0.05, 0.1) is 22.2 Å². The van der Waals surface area contributed by atoms with Gasteiger partial charge in [0, 0.05) is 22.1 Å². The molecule has 0 fully saturated rings. The van der Waals surface area contributed by atoms with Gasteiger partial charge in [0.25, 0.3) is 11.8 Å². The monoisotopic (exact) mass is 578 g/mol. The summed E-state index contributed by atoms with van der Waals surface area (Å²) >= 11 is 0. The van der Waals surface area contributed by atoms with Crippen LogP contribution in [0.5, 0.6) is 0 Å². The van der Waals surface area contributed by atoms with Crippen molar-refractivity contribution in [1.82, 2.24) is 9.97 Å². The van der Waals surface area contributed by atoms with Crippen LogP contribution in [-0.4, -0.2) is 21.8 Å². The van der Waals surface area contributed by atoms with Crippen LogP contribution in [0.15, 0.2) is 118 Å². The maximum Gasteiger partial charge on any atom is 0.256 e. The maximum atomic E-state index is 13.5. The highest BCUT2D eigenvalue weighted by Gasteiger charge is 2.18. The normalized spacial score (nSPS) is 11.1. The van der Waals surface area contributed by atoms with Gasteiger partial charge in [-0.15, -0.1) is 0 Å².